The molecule has 0 saturated carbocycles. The van der Waals surface area contributed by atoms with E-state index in [1.165, 1.54) is 11.4 Å². The Morgan fingerprint density at radius 1 is 1.28 bits per heavy atom. The summed E-state index contributed by atoms with van der Waals surface area (Å²) in [5, 5.41) is 12.1. The van der Waals surface area contributed by atoms with Crippen molar-refractivity contribution in [2.45, 2.75) is 39.9 Å². The molecule has 2 aromatic rings. The van der Waals surface area contributed by atoms with Gasteiger partial charge in [-0.05, 0) is 25.5 Å². The zero-order valence-corrected chi connectivity index (χ0v) is 11.3. The van der Waals surface area contributed by atoms with Crippen LogP contribution in [0.25, 0.3) is 0 Å². The van der Waals surface area contributed by atoms with Crippen LogP contribution in [-0.4, -0.2) is 19.6 Å². The van der Waals surface area contributed by atoms with Crippen molar-refractivity contribution in [3.63, 3.8) is 0 Å². The Balaban J connectivity index is 1.88. The molecule has 0 aliphatic heterocycles. The van der Waals surface area contributed by atoms with E-state index in [1.807, 2.05) is 24.9 Å². The Labute approximate surface area is 108 Å². The topological polar surface area (TPSA) is 47.7 Å². The zero-order valence-electron chi connectivity index (χ0n) is 11.3. The molecule has 0 saturated heterocycles. The maximum absolute atomic E-state index is 4.33. The van der Waals surface area contributed by atoms with Gasteiger partial charge in [-0.25, -0.2) is 0 Å². The molecule has 0 aliphatic rings. The fraction of sp³-hybridized carbons (Fsp3) is 0.538. The summed E-state index contributed by atoms with van der Waals surface area (Å²) in [5.74, 6) is 0. The van der Waals surface area contributed by atoms with Crippen LogP contribution in [0.1, 0.15) is 30.4 Å². The monoisotopic (exact) mass is 247 g/mol. The predicted molar refractivity (Wildman–Crippen MR) is 71.0 cm³/mol. The molecule has 0 atom stereocenters. The van der Waals surface area contributed by atoms with Crippen LogP contribution in [0.15, 0.2) is 18.3 Å². The van der Waals surface area contributed by atoms with Crippen molar-refractivity contribution >= 4 is 0 Å². The van der Waals surface area contributed by atoms with Crippen LogP contribution in [0.3, 0.4) is 0 Å². The third-order valence-corrected chi connectivity index (χ3v) is 2.95. The molecule has 0 radical (unpaired) electrons. The van der Waals surface area contributed by atoms with Crippen LogP contribution in [0.5, 0.6) is 0 Å². The van der Waals surface area contributed by atoms with E-state index in [-0.39, 0.29) is 0 Å². The van der Waals surface area contributed by atoms with Gasteiger partial charge in [0.05, 0.1) is 17.1 Å². The highest BCUT2D eigenvalue weighted by Crippen LogP contribution is 2.03. The largest absolute Gasteiger partial charge is 0.306 e. The number of aromatic nitrogens is 4. The van der Waals surface area contributed by atoms with Crippen LogP contribution in [0.2, 0.25) is 0 Å². The van der Waals surface area contributed by atoms with Gasteiger partial charge in [0.25, 0.3) is 0 Å². The average molecular weight is 247 g/mol. The number of rotatable bonds is 6. The van der Waals surface area contributed by atoms with Crippen LogP contribution >= 0.6 is 0 Å². The van der Waals surface area contributed by atoms with Crippen LogP contribution in [0.4, 0.5) is 0 Å². The minimum absolute atomic E-state index is 0.828. The molecule has 2 heterocycles. The smallest absolute Gasteiger partial charge is 0.0597 e. The van der Waals surface area contributed by atoms with Gasteiger partial charge < -0.3 is 5.32 Å². The Bertz CT molecular complexity index is 497. The van der Waals surface area contributed by atoms with E-state index in [0.717, 1.165) is 31.7 Å². The molecule has 18 heavy (non-hydrogen) atoms. The van der Waals surface area contributed by atoms with Crippen molar-refractivity contribution in [2.75, 3.05) is 0 Å². The lowest BCUT2D eigenvalue weighted by atomic mass is 10.3. The SMILES string of the molecule is CCCn1nccc1CNCc1cc(C)nn1C. The summed E-state index contributed by atoms with van der Waals surface area (Å²) < 4.78 is 3.98. The summed E-state index contributed by atoms with van der Waals surface area (Å²) >= 11 is 0. The molecular weight excluding hydrogens is 226 g/mol. The highest BCUT2D eigenvalue weighted by Gasteiger charge is 2.03. The molecule has 2 aromatic heterocycles. The van der Waals surface area contributed by atoms with Gasteiger partial charge >= 0.3 is 0 Å². The molecule has 0 unspecified atom stereocenters. The number of hydrogen-bond donors (Lipinski definition) is 1. The van der Waals surface area contributed by atoms with Crippen molar-refractivity contribution in [3.8, 4) is 0 Å². The van der Waals surface area contributed by atoms with E-state index in [0.29, 0.717) is 0 Å². The van der Waals surface area contributed by atoms with Crippen LogP contribution in [0, 0.1) is 6.92 Å². The standard InChI is InChI=1S/C13H21N5/c1-4-7-18-12(5-6-15-18)9-14-10-13-8-11(2)16-17(13)3/h5-6,8,14H,4,7,9-10H2,1-3H3. The average Bonchev–Trinajstić information content (AvgIpc) is 2.88. The molecule has 5 heteroatoms. The molecule has 0 aliphatic carbocycles. The first-order valence-corrected chi connectivity index (χ1v) is 6.41. The first-order chi connectivity index (χ1) is 8.70. The molecule has 0 amide bonds. The van der Waals surface area contributed by atoms with Gasteiger partial charge in [0.1, 0.15) is 0 Å². The Kier molecular flexibility index (Phi) is 4.15. The van der Waals surface area contributed by atoms with E-state index in [1.54, 1.807) is 0 Å². The van der Waals surface area contributed by atoms with Crippen LogP contribution < -0.4 is 5.32 Å². The molecule has 5 nitrogen and oxygen atoms in total. The normalized spacial score (nSPS) is 11.1. The highest BCUT2D eigenvalue weighted by molar-refractivity contribution is 5.08. The molecule has 1 N–H and O–H groups in total. The van der Waals surface area contributed by atoms with Crippen molar-refractivity contribution in [1.82, 2.24) is 24.9 Å². The van der Waals surface area contributed by atoms with E-state index in [2.05, 4.69) is 39.3 Å². The summed E-state index contributed by atoms with van der Waals surface area (Å²) in [5.41, 5.74) is 3.50. The summed E-state index contributed by atoms with van der Waals surface area (Å²) in [6.07, 6.45) is 2.97. The van der Waals surface area contributed by atoms with Gasteiger partial charge in [0.2, 0.25) is 0 Å². The maximum atomic E-state index is 4.33. The van der Waals surface area contributed by atoms with E-state index in [4.69, 9.17) is 0 Å². The lowest BCUT2D eigenvalue weighted by molar-refractivity contribution is 0.542. The second-order valence-electron chi connectivity index (χ2n) is 4.55. The Morgan fingerprint density at radius 2 is 2.06 bits per heavy atom. The summed E-state index contributed by atoms with van der Waals surface area (Å²) in [6, 6.07) is 4.17. The van der Waals surface area contributed by atoms with Gasteiger partial charge in [-0.2, -0.15) is 10.2 Å². The van der Waals surface area contributed by atoms with Gasteiger partial charge in [0, 0.05) is 32.9 Å². The first-order valence-electron chi connectivity index (χ1n) is 6.41. The quantitative estimate of drug-likeness (QED) is 0.844. The van der Waals surface area contributed by atoms with E-state index in [9.17, 15) is 0 Å². The van der Waals surface area contributed by atoms with Gasteiger partial charge in [0.15, 0.2) is 0 Å². The molecule has 0 spiro atoms. The van der Waals surface area contributed by atoms with Crippen molar-refractivity contribution in [2.24, 2.45) is 7.05 Å². The molecule has 98 valence electrons. The number of nitrogens with zero attached hydrogens (tertiary/aromatic N) is 4. The Morgan fingerprint density at radius 3 is 2.72 bits per heavy atom. The third-order valence-electron chi connectivity index (χ3n) is 2.95. The lowest BCUT2D eigenvalue weighted by Crippen LogP contribution is -2.18. The minimum atomic E-state index is 0.828. The van der Waals surface area contributed by atoms with E-state index < -0.39 is 0 Å². The summed E-state index contributed by atoms with van der Waals surface area (Å²) in [7, 11) is 1.98. The van der Waals surface area contributed by atoms with Gasteiger partial charge in [-0.15, -0.1) is 0 Å². The second-order valence-corrected chi connectivity index (χ2v) is 4.55. The number of aryl methyl sites for hydroxylation is 3. The molecule has 0 aromatic carbocycles. The molecule has 0 bridgehead atoms. The third kappa shape index (κ3) is 2.98. The highest BCUT2D eigenvalue weighted by atomic mass is 15.3. The summed E-state index contributed by atoms with van der Waals surface area (Å²) in [6.45, 7) is 6.82. The molecule has 2 rings (SSSR count). The van der Waals surface area contributed by atoms with Crippen molar-refractivity contribution in [3.05, 3.63) is 35.4 Å². The summed E-state index contributed by atoms with van der Waals surface area (Å²) in [4.78, 5) is 0. The fourth-order valence-corrected chi connectivity index (χ4v) is 2.07. The first kappa shape index (κ1) is 12.8. The number of nitrogens with one attached hydrogen (secondary N) is 1. The van der Waals surface area contributed by atoms with Gasteiger partial charge in [-0.1, -0.05) is 6.92 Å². The number of hydrogen-bond acceptors (Lipinski definition) is 3. The molecule has 0 fully saturated rings. The minimum Gasteiger partial charge on any atom is -0.306 e. The predicted octanol–water partition coefficient (Wildman–Crippen LogP) is 1.62. The Hall–Kier alpha value is -1.62. The second kappa shape index (κ2) is 5.82. The molecular formula is C13H21N5. The maximum Gasteiger partial charge on any atom is 0.0597 e. The van der Waals surface area contributed by atoms with Crippen molar-refractivity contribution in [1.29, 1.82) is 0 Å². The van der Waals surface area contributed by atoms with Crippen LogP contribution in [-0.2, 0) is 26.7 Å². The van der Waals surface area contributed by atoms with Gasteiger partial charge in [-0.3, -0.25) is 9.36 Å². The zero-order chi connectivity index (χ0) is 13.0. The fourth-order valence-electron chi connectivity index (χ4n) is 2.07. The lowest BCUT2D eigenvalue weighted by Gasteiger charge is -2.07. The van der Waals surface area contributed by atoms with E-state index >= 15 is 0 Å². The van der Waals surface area contributed by atoms with Crippen molar-refractivity contribution < 1.29 is 0 Å².